The minimum atomic E-state index is 0.177. The molecule has 1 nitrogen and oxygen atoms in total. The summed E-state index contributed by atoms with van der Waals surface area (Å²) in [5.41, 5.74) is 2.57. The molecular weight excluding hydrogens is 240 g/mol. The number of hydrogen-bond donors (Lipinski definition) is 0. The molecule has 18 heavy (non-hydrogen) atoms. The van der Waals surface area contributed by atoms with Gasteiger partial charge < -0.3 is 0 Å². The van der Waals surface area contributed by atoms with E-state index in [2.05, 4.69) is 26.0 Å². The lowest BCUT2D eigenvalue weighted by molar-refractivity contribution is 1.15. The van der Waals surface area contributed by atoms with Crippen LogP contribution in [0.5, 0.6) is 0 Å². The van der Waals surface area contributed by atoms with E-state index in [1.54, 1.807) is 11.3 Å². The Hall–Kier alpha value is -1.67. The third-order valence-corrected chi connectivity index (χ3v) is 4.41. The maximum atomic E-state index is 12.6. The molecule has 2 aromatic carbocycles. The summed E-state index contributed by atoms with van der Waals surface area (Å²) in [5.74, 6) is 0. The average Bonchev–Trinajstić information content (AvgIpc) is 2.37. The Bertz CT molecular complexity index is 799. The molecule has 0 unspecified atom stereocenters. The fraction of sp³-hybridized carbons (Fsp3) is 0.188. The van der Waals surface area contributed by atoms with Crippen LogP contribution in [0.3, 0.4) is 0 Å². The summed E-state index contributed by atoms with van der Waals surface area (Å²) in [6.07, 6.45) is 0.901. The van der Waals surface area contributed by atoms with Crippen LogP contribution in [0.1, 0.15) is 18.1 Å². The minimum absolute atomic E-state index is 0.177. The molecule has 0 radical (unpaired) electrons. The number of rotatable bonds is 1. The van der Waals surface area contributed by atoms with Crippen LogP contribution in [0.2, 0.25) is 0 Å². The summed E-state index contributed by atoms with van der Waals surface area (Å²) in [5, 5.41) is 1.75. The average molecular weight is 254 g/mol. The van der Waals surface area contributed by atoms with Gasteiger partial charge >= 0.3 is 0 Å². The monoisotopic (exact) mass is 254 g/mol. The Balaban J connectivity index is 2.60. The fourth-order valence-corrected chi connectivity index (χ4v) is 3.66. The van der Waals surface area contributed by atoms with E-state index in [4.69, 9.17) is 0 Å². The van der Waals surface area contributed by atoms with Crippen molar-refractivity contribution in [1.29, 1.82) is 0 Å². The van der Waals surface area contributed by atoms with Crippen molar-refractivity contribution in [2.75, 3.05) is 0 Å². The highest BCUT2D eigenvalue weighted by Gasteiger charge is 2.09. The molecule has 0 bridgehead atoms. The lowest BCUT2D eigenvalue weighted by atomic mass is 10.0. The molecule has 0 spiro atoms. The second-order valence-electron chi connectivity index (χ2n) is 4.58. The third-order valence-electron chi connectivity index (χ3n) is 3.29. The Morgan fingerprint density at radius 2 is 1.89 bits per heavy atom. The molecule has 2 heteroatoms. The lowest BCUT2D eigenvalue weighted by Gasteiger charge is -2.07. The summed E-state index contributed by atoms with van der Waals surface area (Å²) in [4.78, 5) is 12.6. The van der Waals surface area contributed by atoms with E-state index in [1.807, 2.05) is 24.3 Å². The van der Waals surface area contributed by atoms with Crippen LogP contribution in [0.15, 0.2) is 41.2 Å². The molecule has 0 aliphatic rings. The maximum absolute atomic E-state index is 12.6. The van der Waals surface area contributed by atoms with Gasteiger partial charge in [0.1, 0.15) is 0 Å². The molecule has 90 valence electrons. The van der Waals surface area contributed by atoms with Gasteiger partial charge in [0.2, 0.25) is 0 Å². The number of fused-ring (bicyclic) bond motifs is 2. The number of aryl methyl sites for hydroxylation is 2. The number of hydrogen-bond acceptors (Lipinski definition) is 2. The highest BCUT2D eigenvalue weighted by molar-refractivity contribution is 7.24. The minimum Gasteiger partial charge on any atom is -0.288 e. The molecule has 0 saturated heterocycles. The zero-order valence-electron chi connectivity index (χ0n) is 10.5. The molecule has 1 aromatic heterocycles. The van der Waals surface area contributed by atoms with E-state index in [9.17, 15) is 4.79 Å². The Kier molecular flexibility index (Phi) is 2.67. The standard InChI is InChI=1S/C16H14OS/c1-3-11-8-10(2)9-14-15(11)16(17)12-6-4-5-7-13(12)18-14/h4-9H,3H2,1-2H3. The van der Waals surface area contributed by atoms with Crippen molar-refractivity contribution in [3.8, 4) is 0 Å². The van der Waals surface area contributed by atoms with Gasteiger partial charge in [-0.1, -0.05) is 25.1 Å². The highest BCUT2D eigenvalue weighted by Crippen LogP contribution is 2.27. The highest BCUT2D eigenvalue weighted by atomic mass is 32.1. The molecule has 0 aliphatic carbocycles. The second-order valence-corrected chi connectivity index (χ2v) is 5.66. The van der Waals surface area contributed by atoms with E-state index >= 15 is 0 Å². The topological polar surface area (TPSA) is 17.1 Å². The lowest BCUT2D eigenvalue weighted by Crippen LogP contribution is -2.04. The summed E-state index contributed by atoms with van der Waals surface area (Å²) < 4.78 is 2.18. The smallest absolute Gasteiger partial charge is 0.196 e. The van der Waals surface area contributed by atoms with Crippen LogP contribution in [0.4, 0.5) is 0 Å². The first kappa shape index (κ1) is 11.4. The van der Waals surface area contributed by atoms with E-state index in [0.717, 1.165) is 32.2 Å². The van der Waals surface area contributed by atoms with Crippen LogP contribution in [0, 0.1) is 6.92 Å². The zero-order valence-corrected chi connectivity index (χ0v) is 11.3. The van der Waals surface area contributed by atoms with Gasteiger partial charge in [0, 0.05) is 20.2 Å². The summed E-state index contributed by atoms with van der Waals surface area (Å²) in [6, 6.07) is 12.1. The molecule has 0 saturated carbocycles. The molecular formula is C16H14OS. The predicted molar refractivity (Wildman–Crippen MR) is 79.7 cm³/mol. The first-order valence-electron chi connectivity index (χ1n) is 6.16. The van der Waals surface area contributed by atoms with Crippen molar-refractivity contribution in [2.24, 2.45) is 0 Å². The van der Waals surface area contributed by atoms with Crippen molar-refractivity contribution in [1.82, 2.24) is 0 Å². The zero-order chi connectivity index (χ0) is 12.7. The molecule has 3 rings (SSSR count). The van der Waals surface area contributed by atoms with E-state index in [1.165, 1.54) is 5.56 Å². The summed E-state index contributed by atoms with van der Waals surface area (Å²) in [7, 11) is 0. The molecule has 3 aromatic rings. The van der Waals surface area contributed by atoms with Crippen molar-refractivity contribution in [3.63, 3.8) is 0 Å². The van der Waals surface area contributed by atoms with Gasteiger partial charge in [-0.2, -0.15) is 0 Å². The molecule has 0 N–H and O–H groups in total. The van der Waals surface area contributed by atoms with Crippen molar-refractivity contribution >= 4 is 31.5 Å². The normalized spacial score (nSPS) is 11.2. The molecule has 0 aliphatic heterocycles. The first-order chi connectivity index (χ1) is 8.70. The molecule has 0 fully saturated rings. The fourth-order valence-electron chi connectivity index (χ4n) is 2.44. The molecule has 1 heterocycles. The molecule has 0 amide bonds. The second kappa shape index (κ2) is 4.21. The Morgan fingerprint density at radius 3 is 2.67 bits per heavy atom. The first-order valence-corrected chi connectivity index (χ1v) is 6.97. The van der Waals surface area contributed by atoms with Gasteiger partial charge in [0.15, 0.2) is 5.43 Å². The van der Waals surface area contributed by atoms with Crippen LogP contribution >= 0.6 is 11.3 Å². The number of benzene rings is 2. The largest absolute Gasteiger partial charge is 0.288 e. The van der Waals surface area contributed by atoms with Crippen LogP contribution in [0.25, 0.3) is 20.2 Å². The van der Waals surface area contributed by atoms with Crippen molar-refractivity contribution < 1.29 is 0 Å². The van der Waals surface area contributed by atoms with Crippen LogP contribution in [-0.4, -0.2) is 0 Å². The van der Waals surface area contributed by atoms with Crippen molar-refractivity contribution in [2.45, 2.75) is 20.3 Å². The Morgan fingerprint density at radius 1 is 1.11 bits per heavy atom. The van der Waals surface area contributed by atoms with Gasteiger partial charge in [0.25, 0.3) is 0 Å². The van der Waals surface area contributed by atoms with Gasteiger partial charge in [-0.15, -0.1) is 11.3 Å². The van der Waals surface area contributed by atoms with E-state index < -0.39 is 0 Å². The van der Waals surface area contributed by atoms with Gasteiger partial charge in [0.05, 0.1) is 0 Å². The predicted octanol–water partition coefficient (Wildman–Crippen LogP) is 4.29. The van der Waals surface area contributed by atoms with Crippen molar-refractivity contribution in [3.05, 3.63) is 57.7 Å². The quantitative estimate of drug-likeness (QED) is 0.592. The van der Waals surface area contributed by atoms with Gasteiger partial charge in [-0.05, 0) is 42.7 Å². The SMILES string of the molecule is CCc1cc(C)cc2sc3ccccc3c(=O)c12. The van der Waals surface area contributed by atoms with Crippen LogP contribution in [-0.2, 0) is 6.42 Å². The Labute approximate surface area is 110 Å². The maximum Gasteiger partial charge on any atom is 0.196 e. The molecule has 0 atom stereocenters. The van der Waals surface area contributed by atoms with E-state index in [-0.39, 0.29) is 5.43 Å². The van der Waals surface area contributed by atoms with Crippen LogP contribution < -0.4 is 5.43 Å². The summed E-state index contributed by atoms with van der Waals surface area (Å²) in [6.45, 7) is 4.19. The van der Waals surface area contributed by atoms with E-state index in [0.29, 0.717) is 0 Å². The van der Waals surface area contributed by atoms with Gasteiger partial charge in [-0.3, -0.25) is 4.79 Å². The summed E-state index contributed by atoms with van der Waals surface area (Å²) >= 11 is 1.71. The third kappa shape index (κ3) is 1.65. The van der Waals surface area contributed by atoms with Gasteiger partial charge in [-0.25, -0.2) is 0 Å².